The quantitative estimate of drug-likeness (QED) is 0.867. The molecular formula is C20H24ClN3O2. The summed E-state index contributed by atoms with van der Waals surface area (Å²) in [5, 5.41) is 3.34. The Labute approximate surface area is 159 Å². The van der Waals surface area contributed by atoms with Gasteiger partial charge in [-0.05, 0) is 56.4 Å². The van der Waals surface area contributed by atoms with E-state index >= 15 is 0 Å². The summed E-state index contributed by atoms with van der Waals surface area (Å²) in [6, 6.07) is 13.0. The van der Waals surface area contributed by atoms with Crippen LogP contribution in [0.4, 0.5) is 11.4 Å². The van der Waals surface area contributed by atoms with E-state index in [-0.39, 0.29) is 5.91 Å². The Kier molecular flexibility index (Phi) is 6.01. The van der Waals surface area contributed by atoms with Crippen molar-refractivity contribution in [2.75, 3.05) is 50.1 Å². The van der Waals surface area contributed by atoms with Crippen LogP contribution in [-0.4, -0.2) is 50.6 Å². The fourth-order valence-electron chi connectivity index (χ4n) is 2.94. The highest BCUT2D eigenvalue weighted by Crippen LogP contribution is 2.26. The van der Waals surface area contributed by atoms with Crippen LogP contribution in [0.25, 0.3) is 0 Å². The van der Waals surface area contributed by atoms with Gasteiger partial charge in [-0.15, -0.1) is 0 Å². The van der Waals surface area contributed by atoms with E-state index < -0.39 is 0 Å². The number of carbonyl (C=O) groups excluding carboxylic acids is 1. The largest absolute Gasteiger partial charge is 0.492 e. The number of benzene rings is 2. The highest BCUT2D eigenvalue weighted by Gasteiger charge is 2.14. The number of likely N-dealkylation sites (N-methyl/N-ethyl adjacent to an activating group) is 1. The van der Waals surface area contributed by atoms with Gasteiger partial charge in [0.25, 0.3) is 5.91 Å². The molecule has 1 N–H and O–H groups in total. The molecule has 1 aliphatic rings. The van der Waals surface area contributed by atoms with Crippen molar-refractivity contribution < 1.29 is 9.53 Å². The van der Waals surface area contributed by atoms with Crippen molar-refractivity contribution in [2.45, 2.75) is 6.92 Å². The van der Waals surface area contributed by atoms with E-state index in [1.165, 1.54) is 5.69 Å². The zero-order valence-electron chi connectivity index (χ0n) is 15.2. The number of nitrogens with one attached hydrogen (secondary N) is 1. The minimum atomic E-state index is -0.192. The maximum atomic E-state index is 12.4. The van der Waals surface area contributed by atoms with Gasteiger partial charge in [0.2, 0.25) is 0 Å². The number of piperazine rings is 1. The average Bonchev–Trinajstić information content (AvgIpc) is 2.65. The van der Waals surface area contributed by atoms with Crippen LogP contribution in [0.3, 0.4) is 0 Å². The Hall–Kier alpha value is -2.24. The standard InChI is InChI=1S/C20H24ClN3O2/c1-3-26-19-9-4-15(14-18(19)21)20(25)22-16-5-7-17(8-6-16)24-12-10-23(2)11-13-24/h4-9,14H,3,10-13H2,1-2H3,(H,22,25). The normalized spacial score (nSPS) is 15.0. The number of hydrogen-bond donors (Lipinski definition) is 1. The summed E-state index contributed by atoms with van der Waals surface area (Å²) in [5.74, 6) is 0.393. The van der Waals surface area contributed by atoms with Crippen LogP contribution in [0.5, 0.6) is 5.75 Å². The fourth-order valence-corrected chi connectivity index (χ4v) is 3.17. The van der Waals surface area contributed by atoms with E-state index in [0.29, 0.717) is 22.9 Å². The Bertz CT molecular complexity index is 756. The molecule has 3 rings (SSSR count). The first-order valence-corrected chi connectivity index (χ1v) is 9.22. The summed E-state index contributed by atoms with van der Waals surface area (Å²) in [5.41, 5.74) is 2.44. The zero-order chi connectivity index (χ0) is 18.5. The van der Waals surface area contributed by atoms with Gasteiger partial charge in [-0.1, -0.05) is 11.6 Å². The molecule has 1 fully saturated rings. The molecular weight excluding hydrogens is 350 g/mol. The van der Waals surface area contributed by atoms with E-state index in [2.05, 4.69) is 22.2 Å². The third-order valence-corrected chi connectivity index (χ3v) is 4.78. The second kappa shape index (κ2) is 8.43. The smallest absolute Gasteiger partial charge is 0.255 e. The van der Waals surface area contributed by atoms with Crippen molar-refractivity contribution in [3.63, 3.8) is 0 Å². The van der Waals surface area contributed by atoms with Crippen molar-refractivity contribution in [1.82, 2.24) is 4.90 Å². The van der Waals surface area contributed by atoms with E-state index in [9.17, 15) is 4.79 Å². The van der Waals surface area contributed by atoms with Crippen molar-refractivity contribution in [2.24, 2.45) is 0 Å². The summed E-state index contributed by atoms with van der Waals surface area (Å²) in [4.78, 5) is 17.1. The summed E-state index contributed by atoms with van der Waals surface area (Å²) < 4.78 is 5.40. The van der Waals surface area contributed by atoms with Gasteiger partial charge in [0, 0.05) is 43.1 Å². The highest BCUT2D eigenvalue weighted by atomic mass is 35.5. The van der Waals surface area contributed by atoms with Crippen molar-refractivity contribution in [3.8, 4) is 5.75 Å². The van der Waals surface area contributed by atoms with Crippen LogP contribution in [0.1, 0.15) is 17.3 Å². The monoisotopic (exact) mass is 373 g/mol. The van der Waals surface area contributed by atoms with Crippen LogP contribution < -0.4 is 15.0 Å². The molecule has 0 atom stereocenters. The number of halogens is 1. The number of carbonyl (C=O) groups is 1. The van der Waals surface area contributed by atoms with Crippen molar-refractivity contribution >= 4 is 28.9 Å². The molecule has 2 aromatic carbocycles. The molecule has 138 valence electrons. The molecule has 0 bridgehead atoms. The SMILES string of the molecule is CCOc1ccc(C(=O)Nc2ccc(N3CCN(C)CC3)cc2)cc1Cl. The van der Waals surface area contributed by atoms with Crippen molar-refractivity contribution in [3.05, 3.63) is 53.1 Å². The van der Waals surface area contributed by atoms with Gasteiger partial charge in [-0.3, -0.25) is 4.79 Å². The lowest BCUT2D eigenvalue weighted by Crippen LogP contribution is -2.44. The van der Waals surface area contributed by atoms with Gasteiger partial charge in [-0.25, -0.2) is 0 Å². The summed E-state index contributed by atoms with van der Waals surface area (Å²) >= 11 is 6.16. The highest BCUT2D eigenvalue weighted by molar-refractivity contribution is 6.32. The molecule has 0 saturated carbocycles. The second-order valence-corrected chi connectivity index (χ2v) is 6.78. The number of nitrogens with zero attached hydrogens (tertiary/aromatic N) is 2. The summed E-state index contributed by atoms with van der Waals surface area (Å²) in [7, 11) is 2.14. The van der Waals surface area contributed by atoms with Gasteiger partial charge in [0.05, 0.1) is 11.6 Å². The van der Waals surface area contributed by atoms with Crippen LogP contribution in [-0.2, 0) is 0 Å². The van der Waals surface area contributed by atoms with Crippen LogP contribution in [0.2, 0.25) is 5.02 Å². The van der Waals surface area contributed by atoms with Gasteiger partial charge in [0.1, 0.15) is 5.75 Å². The molecule has 6 heteroatoms. The first kappa shape index (κ1) is 18.5. The molecule has 0 radical (unpaired) electrons. The number of ether oxygens (including phenoxy) is 1. The first-order chi connectivity index (χ1) is 12.6. The first-order valence-electron chi connectivity index (χ1n) is 8.84. The molecule has 26 heavy (non-hydrogen) atoms. The minimum Gasteiger partial charge on any atom is -0.492 e. The Morgan fingerprint density at radius 2 is 1.81 bits per heavy atom. The lowest BCUT2D eigenvalue weighted by Gasteiger charge is -2.34. The lowest BCUT2D eigenvalue weighted by atomic mass is 10.2. The van der Waals surface area contributed by atoms with E-state index in [0.717, 1.165) is 31.9 Å². The maximum absolute atomic E-state index is 12.4. The minimum absolute atomic E-state index is 0.192. The fraction of sp³-hybridized carbons (Fsp3) is 0.350. The average molecular weight is 374 g/mol. The Morgan fingerprint density at radius 3 is 2.42 bits per heavy atom. The van der Waals surface area contributed by atoms with Gasteiger partial charge < -0.3 is 19.9 Å². The van der Waals surface area contributed by atoms with E-state index in [4.69, 9.17) is 16.3 Å². The van der Waals surface area contributed by atoms with Crippen molar-refractivity contribution in [1.29, 1.82) is 0 Å². The molecule has 0 spiro atoms. The summed E-state index contributed by atoms with van der Waals surface area (Å²) in [6.07, 6.45) is 0. The lowest BCUT2D eigenvalue weighted by molar-refractivity contribution is 0.102. The molecule has 2 aromatic rings. The molecule has 1 saturated heterocycles. The van der Waals surface area contributed by atoms with E-state index in [1.807, 2.05) is 31.2 Å². The second-order valence-electron chi connectivity index (χ2n) is 6.37. The molecule has 1 heterocycles. The third-order valence-electron chi connectivity index (χ3n) is 4.49. The number of rotatable bonds is 5. The third kappa shape index (κ3) is 4.48. The molecule has 1 amide bonds. The Morgan fingerprint density at radius 1 is 1.12 bits per heavy atom. The predicted molar refractivity (Wildman–Crippen MR) is 107 cm³/mol. The molecule has 5 nitrogen and oxygen atoms in total. The Balaban J connectivity index is 1.63. The number of hydrogen-bond acceptors (Lipinski definition) is 4. The van der Waals surface area contributed by atoms with Gasteiger partial charge >= 0.3 is 0 Å². The van der Waals surface area contributed by atoms with Crippen LogP contribution in [0, 0.1) is 0 Å². The summed E-state index contributed by atoms with van der Waals surface area (Å²) in [6.45, 7) is 6.60. The number of anilines is 2. The predicted octanol–water partition coefficient (Wildman–Crippen LogP) is 3.74. The number of amides is 1. The van der Waals surface area contributed by atoms with Crippen LogP contribution >= 0.6 is 11.6 Å². The topological polar surface area (TPSA) is 44.8 Å². The molecule has 0 aromatic heterocycles. The molecule has 0 unspecified atom stereocenters. The molecule has 1 aliphatic heterocycles. The van der Waals surface area contributed by atoms with Crippen LogP contribution in [0.15, 0.2) is 42.5 Å². The van der Waals surface area contributed by atoms with E-state index in [1.54, 1.807) is 18.2 Å². The molecule has 0 aliphatic carbocycles. The van der Waals surface area contributed by atoms with Gasteiger partial charge in [0.15, 0.2) is 0 Å². The van der Waals surface area contributed by atoms with Gasteiger partial charge in [-0.2, -0.15) is 0 Å². The zero-order valence-corrected chi connectivity index (χ0v) is 15.9. The maximum Gasteiger partial charge on any atom is 0.255 e.